The number of morpholine rings is 1. The Bertz CT molecular complexity index is 824. The smallest absolute Gasteiger partial charge is 0.233 e. The van der Waals surface area contributed by atoms with Gasteiger partial charge in [0.15, 0.2) is 0 Å². The molecule has 5 nitrogen and oxygen atoms in total. The second-order valence-corrected chi connectivity index (χ2v) is 6.79. The number of hydrogen-bond donors (Lipinski definition) is 1. The van der Waals surface area contributed by atoms with Crippen molar-refractivity contribution in [1.82, 2.24) is 5.32 Å². The van der Waals surface area contributed by atoms with E-state index in [4.69, 9.17) is 4.74 Å². The van der Waals surface area contributed by atoms with Gasteiger partial charge < -0.3 is 15.0 Å². The second kappa shape index (κ2) is 7.30. The Morgan fingerprint density at radius 1 is 1.15 bits per heavy atom. The van der Waals surface area contributed by atoms with E-state index in [2.05, 4.69) is 46.4 Å². The van der Waals surface area contributed by atoms with Crippen LogP contribution in [0.4, 0.5) is 11.4 Å². The molecule has 0 aromatic heterocycles. The van der Waals surface area contributed by atoms with Crippen LogP contribution in [0.5, 0.6) is 0 Å². The summed E-state index contributed by atoms with van der Waals surface area (Å²) in [6.45, 7) is 6.04. The molecule has 26 heavy (non-hydrogen) atoms. The molecule has 2 aromatic carbocycles. The fourth-order valence-corrected chi connectivity index (χ4v) is 3.50. The molecule has 1 amide bonds. The predicted molar refractivity (Wildman–Crippen MR) is 103 cm³/mol. The lowest BCUT2D eigenvalue weighted by Crippen LogP contribution is -2.36. The zero-order chi connectivity index (χ0) is 17.9. The van der Waals surface area contributed by atoms with Crippen LogP contribution >= 0.6 is 0 Å². The molecule has 2 heterocycles. The Balaban J connectivity index is 1.52. The average Bonchev–Trinajstić information content (AvgIpc) is 2.68. The fourth-order valence-electron chi connectivity index (χ4n) is 3.50. The minimum absolute atomic E-state index is 0.00930. The van der Waals surface area contributed by atoms with E-state index in [1.807, 2.05) is 18.2 Å². The molecule has 0 spiro atoms. The Labute approximate surface area is 153 Å². The highest BCUT2D eigenvalue weighted by Crippen LogP contribution is 2.26. The van der Waals surface area contributed by atoms with Crippen molar-refractivity contribution in [3.05, 3.63) is 59.2 Å². The zero-order valence-electron chi connectivity index (χ0n) is 14.9. The number of hydrogen-bond acceptors (Lipinski definition) is 4. The molecule has 1 unspecified atom stereocenters. The minimum Gasteiger partial charge on any atom is -0.378 e. The quantitative estimate of drug-likeness (QED) is 0.867. The van der Waals surface area contributed by atoms with Gasteiger partial charge in [-0.25, -0.2) is 0 Å². The van der Waals surface area contributed by atoms with Gasteiger partial charge in [-0.2, -0.15) is 0 Å². The lowest BCUT2D eigenvalue weighted by atomic mass is 9.90. The van der Waals surface area contributed by atoms with E-state index in [1.54, 1.807) is 6.21 Å². The first-order valence-electron chi connectivity index (χ1n) is 9.05. The van der Waals surface area contributed by atoms with Crippen LogP contribution in [-0.4, -0.2) is 38.4 Å². The van der Waals surface area contributed by atoms with Crippen molar-refractivity contribution >= 4 is 23.5 Å². The molecule has 0 radical (unpaired) electrons. The Morgan fingerprint density at radius 2 is 1.92 bits per heavy atom. The molecule has 2 aliphatic rings. The largest absolute Gasteiger partial charge is 0.378 e. The maximum Gasteiger partial charge on any atom is 0.233 e. The van der Waals surface area contributed by atoms with E-state index < -0.39 is 0 Å². The van der Waals surface area contributed by atoms with Crippen LogP contribution in [0.1, 0.15) is 22.6 Å². The molecule has 4 rings (SSSR count). The summed E-state index contributed by atoms with van der Waals surface area (Å²) in [4.78, 5) is 19.2. The summed E-state index contributed by atoms with van der Waals surface area (Å²) < 4.78 is 5.39. The minimum atomic E-state index is -0.335. The number of aryl methyl sites for hydroxylation is 1. The van der Waals surface area contributed by atoms with E-state index in [0.717, 1.165) is 37.6 Å². The SMILES string of the molecule is Cc1ccc2c(c1)CNC(=O)C2C=Nc1ccc(N2CCOCC2)cc1. The molecule has 5 heteroatoms. The van der Waals surface area contributed by atoms with E-state index in [0.29, 0.717) is 6.54 Å². The Kier molecular flexibility index (Phi) is 4.71. The number of benzene rings is 2. The van der Waals surface area contributed by atoms with Gasteiger partial charge in [0.1, 0.15) is 0 Å². The molecule has 0 bridgehead atoms. The third-order valence-electron chi connectivity index (χ3n) is 4.97. The fraction of sp³-hybridized carbons (Fsp3) is 0.333. The Hall–Kier alpha value is -2.66. The summed E-state index contributed by atoms with van der Waals surface area (Å²) in [5.74, 6) is -0.326. The van der Waals surface area contributed by atoms with Crippen LogP contribution in [-0.2, 0) is 16.1 Å². The Morgan fingerprint density at radius 3 is 2.69 bits per heavy atom. The van der Waals surface area contributed by atoms with Gasteiger partial charge in [-0.1, -0.05) is 23.8 Å². The van der Waals surface area contributed by atoms with Crippen molar-refractivity contribution in [3.63, 3.8) is 0 Å². The summed E-state index contributed by atoms with van der Waals surface area (Å²) >= 11 is 0. The number of carbonyl (C=O) groups excluding carboxylic acids is 1. The van der Waals surface area contributed by atoms with Gasteiger partial charge in [0.05, 0.1) is 24.8 Å². The molecular formula is C21H23N3O2. The molecule has 1 fully saturated rings. The second-order valence-electron chi connectivity index (χ2n) is 6.79. The standard InChI is InChI=1S/C21H23N3O2/c1-15-2-7-19-16(12-15)13-23-21(25)20(19)14-22-17-3-5-18(6-4-17)24-8-10-26-11-9-24/h2-7,12,14,20H,8-11,13H2,1H3,(H,23,25). The van der Waals surface area contributed by atoms with Gasteiger partial charge in [0.25, 0.3) is 0 Å². The van der Waals surface area contributed by atoms with Gasteiger partial charge in [-0.3, -0.25) is 9.79 Å². The van der Waals surface area contributed by atoms with Crippen LogP contribution in [0.25, 0.3) is 0 Å². The summed E-state index contributed by atoms with van der Waals surface area (Å²) in [7, 11) is 0. The average molecular weight is 349 g/mol. The number of nitrogens with one attached hydrogen (secondary N) is 1. The van der Waals surface area contributed by atoms with Crippen molar-refractivity contribution in [3.8, 4) is 0 Å². The summed E-state index contributed by atoms with van der Waals surface area (Å²) in [6.07, 6.45) is 1.76. The number of carbonyl (C=O) groups is 1. The number of fused-ring (bicyclic) bond motifs is 1. The molecule has 0 aliphatic carbocycles. The molecule has 134 valence electrons. The first kappa shape index (κ1) is 16.8. The third kappa shape index (κ3) is 3.48. The van der Waals surface area contributed by atoms with Crippen molar-refractivity contribution < 1.29 is 9.53 Å². The van der Waals surface area contributed by atoms with Crippen LogP contribution in [0, 0.1) is 6.92 Å². The monoisotopic (exact) mass is 349 g/mol. The molecule has 1 atom stereocenters. The summed E-state index contributed by atoms with van der Waals surface area (Å²) in [5, 5.41) is 2.96. The first-order valence-corrected chi connectivity index (χ1v) is 9.05. The van der Waals surface area contributed by atoms with Crippen LogP contribution in [0.2, 0.25) is 0 Å². The molecule has 2 aliphatic heterocycles. The van der Waals surface area contributed by atoms with E-state index in [9.17, 15) is 4.79 Å². The van der Waals surface area contributed by atoms with Gasteiger partial charge in [0, 0.05) is 31.5 Å². The zero-order valence-corrected chi connectivity index (χ0v) is 14.9. The molecule has 0 saturated carbocycles. The summed E-state index contributed by atoms with van der Waals surface area (Å²) in [5.41, 5.74) is 5.46. The van der Waals surface area contributed by atoms with Gasteiger partial charge >= 0.3 is 0 Å². The lowest BCUT2D eigenvalue weighted by molar-refractivity contribution is -0.121. The third-order valence-corrected chi connectivity index (χ3v) is 4.97. The highest BCUT2D eigenvalue weighted by Gasteiger charge is 2.25. The lowest BCUT2D eigenvalue weighted by Gasteiger charge is -2.28. The van der Waals surface area contributed by atoms with Gasteiger partial charge in [-0.05, 0) is 42.3 Å². The van der Waals surface area contributed by atoms with Crippen molar-refractivity contribution in [1.29, 1.82) is 0 Å². The molecule has 1 N–H and O–H groups in total. The van der Waals surface area contributed by atoms with Crippen LogP contribution in [0.3, 0.4) is 0 Å². The molecule has 2 aromatic rings. The van der Waals surface area contributed by atoms with Crippen molar-refractivity contribution in [2.24, 2.45) is 4.99 Å². The van der Waals surface area contributed by atoms with Crippen LogP contribution < -0.4 is 10.2 Å². The van der Waals surface area contributed by atoms with Crippen molar-refractivity contribution in [2.75, 3.05) is 31.2 Å². The number of nitrogens with zero attached hydrogens (tertiary/aromatic N) is 2. The highest BCUT2D eigenvalue weighted by molar-refractivity contribution is 6.01. The number of rotatable bonds is 3. The number of aliphatic imine (C=N–C) groups is 1. The number of amides is 1. The topological polar surface area (TPSA) is 53.9 Å². The molecule has 1 saturated heterocycles. The number of ether oxygens (including phenoxy) is 1. The maximum absolute atomic E-state index is 12.3. The predicted octanol–water partition coefficient (Wildman–Crippen LogP) is 2.95. The normalized spacial score (nSPS) is 20.1. The maximum atomic E-state index is 12.3. The van der Waals surface area contributed by atoms with Crippen molar-refractivity contribution in [2.45, 2.75) is 19.4 Å². The van der Waals surface area contributed by atoms with E-state index in [1.165, 1.54) is 16.8 Å². The van der Waals surface area contributed by atoms with Gasteiger partial charge in [0.2, 0.25) is 5.91 Å². The summed E-state index contributed by atoms with van der Waals surface area (Å²) in [6, 6.07) is 14.4. The van der Waals surface area contributed by atoms with Crippen LogP contribution in [0.15, 0.2) is 47.5 Å². The van der Waals surface area contributed by atoms with E-state index in [-0.39, 0.29) is 11.8 Å². The van der Waals surface area contributed by atoms with Gasteiger partial charge in [-0.15, -0.1) is 0 Å². The number of anilines is 1. The first-order chi connectivity index (χ1) is 12.7. The molecular weight excluding hydrogens is 326 g/mol. The van der Waals surface area contributed by atoms with E-state index >= 15 is 0 Å². The highest BCUT2D eigenvalue weighted by atomic mass is 16.5.